The zero-order valence-corrected chi connectivity index (χ0v) is 12.6. The molecule has 100 valence electrons. The summed E-state index contributed by atoms with van der Waals surface area (Å²) in [7, 11) is 1.98. The fraction of sp³-hybridized carbons (Fsp3) is 0.333. The fourth-order valence-electron chi connectivity index (χ4n) is 2.47. The first-order valence-corrected chi connectivity index (χ1v) is 7.51. The number of hydrogen-bond donors (Lipinski definition) is 1. The molecule has 1 aromatic heterocycles. The molecule has 1 aliphatic rings. The number of halogens is 1. The second kappa shape index (κ2) is 5.25. The lowest BCUT2D eigenvalue weighted by atomic mass is 10.00. The maximum absolute atomic E-state index is 6.18. The number of hydrogen-bond acceptors (Lipinski definition) is 3. The quantitative estimate of drug-likeness (QED) is 0.922. The second-order valence-electron chi connectivity index (χ2n) is 4.85. The smallest absolute Gasteiger partial charge is 0.0961 e. The molecular formula is C15H16ClNOS. The minimum Gasteiger partial charge on any atom is -0.372 e. The minimum atomic E-state index is 0.196. The normalized spacial score (nSPS) is 15.5. The molecule has 1 N–H and O–H groups in total. The van der Waals surface area contributed by atoms with Crippen molar-refractivity contribution in [3.05, 3.63) is 55.7 Å². The van der Waals surface area contributed by atoms with Crippen molar-refractivity contribution in [3.63, 3.8) is 0 Å². The van der Waals surface area contributed by atoms with Crippen LogP contribution in [0.15, 0.2) is 24.3 Å². The first-order valence-electron chi connectivity index (χ1n) is 6.31. The predicted octanol–water partition coefficient (Wildman–Crippen LogP) is 4.05. The standard InChI is InChI=1S/C15H16ClNOS/c1-9-5-13(19-15(9)16)14(17-2)10-3-4-11-7-18-8-12(11)6-10/h3-6,14,17H,7-8H2,1-2H3. The molecule has 19 heavy (non-hydrogen) atoms. The molecule has 0 saturated heterocycles. The first-order chi connectivity index (χ1) is 9.19. The van der Waals surface area contributed by atoms with Gasteiger partial charge in [-0.3, -0.25) is 0 Å². The van der Waals surface area contributed by atoms with Crippen LogP contribution in [-0.4, -0.2) is 7.05 Å². The lowest BCUT2D eigenvalue weighted by Crippen LogP contribution is -2.16. The van der Waals surface area contributed by atoms with Crippen LogP contribution < -0.4 is 5.32 Å². The van der Waals surface area contributed by atoms with Crippen LogP contribution in [0.25, 0.3) is 0 Å². The van der Waals surface area contributed by atoms with E-state index in [1.807, 2.05) is 14.0 Å². The van der Waals surface area contributed by atoms with Crippen molar-refractivity contribution in [2.45, 2.75) is 26.2 Å². The summed E-state index contributed by atoms with van der Waals surface area (Å²) in [6.07, 6.45) is 0. The van der Waals surface area contributed by atoms with Gasteiger partial charge in [0.15, 0.2) is 0 Å². The van der Waals surface area contributed by atoms with Crippen molar-refractivity contribution in [1.82, 2.24) is 5.32 Å². The summed E-state index contributed by atoms with van der Waals surface area (Å²) < 4.78 is 6.35. The van der Waals surface area contributed by atoms with Crippen LogP contribution in [0.2, 0.25) is 4.34 Å². The molecule has 0 saturated carbocycles. The molecule has 0 spiro atoms. The van der Waals surface area contributed by atoms with E-state index in [9.17, 15) is 0 Å². The Kier molecular flexibility index (Phi) is 3.63. The Morgan fingerprint density at radius 1 is 1.26 bits per heavy atom. The minimum absolute atomic E-state index is 0.196. The highest BCUT2D eigenvalue weighted by molar-refractivity contribution is 7.16. The summed E-state index contributed by atoms with van der Waals surface area (Å²) in [4.78, 5) is 1.25. The van der Waals surface area contributed by atoms with Crippen molar-refractivity contribution in [2.24, 2.45) is 0 Å². The van der Waals surface area contributed by atoms with E-state index in [0.29, 0.717) is 0 Å². The van der Waals surface area contributed by atoms with Crippen LogP contribution in [-0.2, 0) is 18.0 Å². The number of benzene rings is 1. The fourth-order valence-corrected chi connectivity index (χ4v) is 3.83. The lowest BCUT2D eigenvalue weighted by Gasteiger charge is -2.16. The highest BCUT2D eigenvalue weighted by Crippen LogP contribution is 2.35. The van der Waals surface area contributed by atoms with E-state index >= 15 is 0 Å². The third-order valence-electron chi connectivity index (χ3n) is 3.53. The van der Waals surface area contributed by atoms with E-state index < -0.39 is 0 Å². The topological polar surface area (TPSA) is 21.3 Å². The van der Waals surface area contributed by atoms with Gasteiger partial charge in [-0.05, 0) is 42.3 Å². The largest absolute Gasteiger partial charge is 0.372 e. The van der Waals surface area contributed by atoms with Crippen molar-refractivity contribution < 1.29 is 4.74 Å². The van der Waals surface area contributed by atoms with Gasteiger partial charge in [-0.1, -0.05) is 29.8 Å². The molecule has 1 atom stereocenters. The van der Waals surface area contributed by atoms with E-state index in [4.69, 9.17) is 16.3 Å². The highest BCUT2D eigenvalue weighted by atomic mass is 35.5. The van der Waals surface area contributed by atoms with E-state index in [1.165, 1.54) is 21.6 Å². The van der Waals surface area contributed by atoms with Gasteiger partial charge >= 0.3 is 0 Å². The Labute approximate surface area is 122 Å². The first kappa shape index (κ1) is 13.1. The summed E-state index contributed by atoms with van der Waals surface area (Å²) >= 11 is 7.83. The zero-order chi connectivity index (χ0) is 13.4. The summed E-state index contributed by atoms with van der Waals surface area (Å²) in [6, 6.07) is 8.95. The third kappa shape index (κ3) is 2.43. The zero-order valence-electron chi connectivity index (χ0n) is 11.0. The van der Waals surface area contributed by atoms with E-state index in [2.05, 4.69) is 29.6 Å². The van der Waals surface area contributed by atoms with Gasteiger partial charge in [0.05, 0.1) is 23.6 Å². The van der Waals surface area contributed by atoms with E-state index in [-0.39, 0.29) is 6.04 Å². The molecule has 0 fully saturated rings. The van der Waals surface area contributed by atoms with E-state index in [0.717, 1.165) is 23.1 Å². The number of nitrogens with one attached hydrogen (secondary N) is 1. The average molecular weight is 294 g/mol. The van der Waals surface area contributed by atoms with Crippen LogP contribution in [0.1, 0.15) is 33.2 Å². The monoisotopic (exact) mass is 293 g/mol. The third-order valence-corrected chi connectivity index (χ3v) is 5.15. The van der Waals surface area contributed by atoms with E-state index in [1.54, 1.807) is 11.3 Å². The molecule has 3 rings (SSSR count). The predicted molar refractivity (Wildman–Crippen MR) is 79.9 cm³/mol. The van der Waals surface area contributed by atoms with Crippen LogP contribution in [0.5, 0.6) is 0 Å². The van der Waals surface area contributed by atoms with Gasteiger partial charge in [0.25, 0.3) is 0 Å². The number of rotatable bonds is 3. The molecule has 0 radical (unpaired) electrons. The summed E-state index contributed by atoms with van der Waals surface area (Å²) in [5.74, 6) is 0. The van der Waals surface area contributed by atoms with Crippen LogP contribution in [0.4, 0.5) is 0 Å². The maximum atomic E-state index is 6.18. The Morgan fingerprint density at radius 3 is 2.74 bits per heavy atom. The Balaban J connectivity index is 1.98. The van der Waals surface area contributed by atoms with Gasteiger partial charge in [0.2, 0.25) is 0 Å². The van der Waals surface area contributed by atoms with Gasteiger partial charge in [-0.25, -0.2) is 0 Å². The van der Waals surface area contributed by atoms with Gasteiger partial charge in [0, 0.05) is 4.88 Å². The number of thiophene rings is 1. The summed E-state index contributed by atoms with van der Waals surface area (Å²) in [6.45, 7) is 3.51. The average Bonchev–Trinajstić information content (AvgIpc) is 2.98. The lowest BCUT2D eigenvalue weighted by molar-refractivity contribution is 0.134. The Hall–Kier alpha value is -0.870. The van der Waals surface area contributed by atoms with Crippen molar-refractivity contribution in [1.29, 1.82) is 0 Å². The molecule has 1 aromatic carbocycles. The summed E-state index contributed by atoms with van der Waals surface area (Å²) in [5, 5.41) is 3.38. The Bertz CT molecular complexity index is 589. The van der Waals surface area contributed by atoms with Crippen molar-refractivity contribution in [2.75, 3.05) is 7.05 Å². The molecular weight excluding hydrogens is 278 g/mol. The van der Waals surface area contributed by atoms with Crippen molar-refractivity contribution >= 4 is 22.9 Å². The summed E-state index contributed by atoms with van der Waals surface area (Å²) in [5.41, 5.74) is 5.02. The Morgan fingerprint density at radius 2 is 2.05 bits per heavy atom. The van der Waals surface area contributed by atoms with Gasteiger partial charge < -0.3 is 10.1 Å². The molecule has 2 nitrogen and oxygen atoms in total. The van der Waals surface area contributed by atoms with Crippen molar-refractivity contribution in [3.8, 4) is 0 Å². The molecule has 1 unspecified atom stereocenters. The second-order valence-corrected chi connectivity index (χ2v) is 6.53. The van der Waals surface area contributed by atoms with Crippen LogP contribution >= 0.6 is 22.9 Å². The number of fused-ring (bicyclic) bond motifs is 1. The molecule has 2 aromatic rings. The van der Waals surface area contributed by atoms with Gasteiger partial charge in [0.1, 0.15) is 0 Å². The molecule has 4 heteroatoms. The SMILES string of the molecule is CNC(c1ccc2c(c1)COC2)c1cc(C)c(Cl)s1. The molecule has 1 aliphatic heterocycles. The van der Waals surface area contributed by atoms with Gasteiger partial charge in [-0.15, -0.1) is 11.3 Å². The van der Waals surface area contributed by atoms with Crippen LogP contribution in [0.3, 0.4) is 0 Å². The molecule has 0 amide bonds. The molecule has 2 heterocycles. The van der Waals surface area contributed by atoms with Crippen LogP contribution in [0, 0.1) is 6.92 Å². The highest BCUT2D eigenvalue weighted by Gasteiger charge is 2.19. The maximum Gasteiger partial charge on any atom is 0.0961 e. The number of ether oxygens (including phenoxy) is 1. The molecule has 0 aliphatic carbocycles. The van der Waals surface area contributed by atoms with Gasteiger partial charge in [-0.2, -0.15) is 0 Å². The molecule has 0 bridgehead atoms. The number of aryl methyl sites for hydroxylation is 1.